The van der Waals surface area contributed by atoms with Gasteiger partial charge in [-0.3, -0.25) is 0 Å². The molecule has 0 amide bonds. The summed E-state index contributed by atoms with van der Waals surface area (Å²) in [4.78, 5) is 14.3. The van der Waals surface area contributed by atoms with E-state index in [-0.39, 0.29) is 17.9 Å². The summed E-state index contributed by atoms with van der Waals surface area (Å²) in [5.74, 6) is -0.455. The van der Waals surface area contributed by atoms with Crippen molar-refractivity contribution in [2.75, 3.05) is 6.61 Å². The van der Waals surface area contributed by atoms with E-state index in [1.165, 1.54) is 5.56 Å². The third-order valence-electron chi connectivity index (χ3n) is 3.93. The molecule has 4 heteroatoms. The van der Waals surface area contributed by atoms with Crippen LogP contribution in [0.2, 0.25) is 0 Å². The first-order chi connectivity index (χ1) is 10.9. The molecule has 2 rings (SSSR count). The van der Waals surface area contributed by atoms with Gasteiger partial charge in [0, 0.05) is 9.79 Å². The number of carbonyl (C=O) groups excluding carboxylic acids is 1. The summed E-state index contributed by atoms with van der Waals surface area (Å²) < 4.78 is 5.10. The fraction of sp³-hybridized carbons (Fsp3) is 0.316. The van der Waals surface area contributed by atoms with Gasteiger partial charge in [-0.1, -0.05) is 29.5 Å². The Morgan fingerprint density at radius 2 is 1.65 bits per heavy atom. The molecule has 0 radical (unpaired) electrons. The lowest BCUT2D eigenvalue weighted by molar-refractivity contribution is 0.0521. The Labute approximate surface area is 141 Å². The Balaban J connectivity index is 2.54. The van der Waals surface area contributed by atoms with E-state index in [9.17, 15) is 9.90 Å². The van der Waals surface area contributed by atoms with E-state index in [0.29, 0.717) is 5.56 Å². The molecule has 122 valence electrons. The average Bonchev–Trinajstić information content (AvgIpc) is 2.52. The van der Waals surface area contributed by atoms with Crippen LogP contribution < -0.4 is 0 Å². The largest absolute Gasteiger partial charge is 0.507 e. The molecule has 0 saturated carbocycles. The van der Waals surface area contributed by atoms with E-state index in [0.717, 1.165) is 20.9 Å². The number of esters is 1. The average molecular weight is 330 g/mol. The summed E-state index contributed by atoms with van der Waals surface area (Å²) in [6, 6.07) is 8.25. The van der Waals surface area contributed by atoms with Crippen LogP contribution in [0.15, 0.2) is 34.1 Å². The number of aryl methyl sites for hydroxylation is 1. The van der Waals surface area contributed by atoms with Crippen LogP contribution in [0.3, 0.4) is 0 Å². The van der Waals surface area contributed by atoms with Crippen molar-refractivity contribution in [1.29, 1.82) is 0 Å². The molecule has 0 bridgehead atoms. The van der Waals surface area contributed by atoms with Crippen LogP contribution in [0, 0.1) is 27.7 Å². The predicted octanol–water partition coefficient (Wildman–Crippen LogP) is 4.95. The second-order valence-electron chi connectivity index (χ2n) is 5.56. The highest BCUT2D eigenvalue weighted by Crippen LogP contribution is 2.40. The van der Waals surface area contributed by atoms with Gasteiger partial charge in [0.1, 0.15) is 11.3 Å². The minimum atomic E-state index is -0.476. The molecule has 0 aromatic heterocycles. The predicted molar refractivity (Wildman–Crippen MR) is 93.6 cm³/mol. The normalized spacial score (nSPS) is 10.7. The summed E-state index contributed by atoms with van der Waals surface area (Å²) in [5, 5.41) is 10.4. The molecule has 0 spiro atoms. The molecule has 0 aliphatic rings. The van der Waals surface area contributed by atoms with Crippen LogP contribution in [0.25, 0.3) is 0 Å². The van der Waals surface area contributed by atoms with Crippen molar-refractivity contribution in [2.24, 2.45) is 0 Å². The summed E-state index contributed by atoms with van der Waals surface area (Å²) in [6.45, 7) is 9.74. The number of benzene rings is 2. The second-order valence-corrected chi connectivity index (χ2v) is 6.65. The maximum Gasteiger partial charge on any atom is 0.342 e. The summed E-state index contributed by atoms with van der Waals surface area (Å²) >= 11 is 1.60. The van der Waals surface area contributed by atoms with Crippen LogP contribution in [0.4, 0.5) is 0 Å². The lowest BCUT2D eigenvalue weighted by Crippen LogP contribution is -2.09. The van der Waals surface area contributed by atoms with Gasteiger partial charge in [-0.05, 0) is 63.4 Å². The summed E-state index contributed by atoms with van der Waals surface area (Å²) in [6.07, 6.45) is 0. The van der Waals surface area contributed by atoms with E-state index in [1.54, 1.807) is 18.7 Å². The van der Waals surface area contributed by atoms with E-state index in [4.69, 9.17) is 4.74 Å². The van der Waals surface area contributed by atoms with E-state index in [2.05, 4.69) is 31.2 Å². The van der Waals surface area contributed by atoms with Gasteiger partial charge in [-0.15, -0.1) is 0 Å². The maximum atomic E-state index is 12.2. The Kier molecular flexibility index (Phi) is 5.37. The number of ether oxygens (including phenoxy) is 1. The van der Waals surface area contributed by atoms with Gasteiger partial charge in [0.2, 0.25) is 0 Å². The molecule has 0 heterocycles. The Hall–Kier alpha value is -1.94. The van der Waals surface area contributed by atoms with Crippen molar-refractivity contribution >= 4 is 17.7 Å². The zero-order valence-corrected chi connectivity index (χ0v) is 15.0. The quantitative estimate of drug-likeness (QED) is 0.805. The van der Waals surface area contributed by atoms with Crippen molar-refractivity contribution in [1.82, 2.24) is 0 Å². The highest BCUT2D eigenvalue weighted by atomic mass is 32.2. The number of hydrogen-bond acceptors (Lipinski definition) is 4. The molecule has 3 nitrogen and oxygen atoms in total. The molecule has 2 aromatic rings. The Morgan fingerprint density at radius 1 is 1.04 bits per heavy atom. The fourth-order valence-corrected chi connectivity index (χ4v) is 3.51. The second kappa shape index (κ2) is 7.09. The van der Waals surface area contributed by atoms with Crippen molar-refractivity contribution in [2.45, 2.75) is 44.4 Å². The summed E-state index contributed by atoms with van der Waals surface area (Å²) in [7, 11) is 0. The van der Waals surface area contributed by atoms with E-state index >= 15 is 0 Å². The van der Waals surface area contributed by atoms with Crippen LogP contribution in [-0.2, 0) is 4.74 Å². The standard InChI is InChI=1S/C19H22O3S/c1-6-22-19(21)16-14(5)18(13(4)12(3)17(16)20)23-15-9-7-11(2)8-10-15/h7-10,20H,6H2,1-5H3. The van der Waals surface area contributed by atoms with Crippen molar-refractivity contribution < 1.29 is 14.6 Å². The first-order valence-corrected chi connectivity index (χ1v) is 8.42. The number of rotatable bonds is 4. The van der Waals surface area contributed by atoms with Crippen molar-refractivity contribution in [3.05, 3.63) is 52.1 Å². The van der Waals surface area contributed by atoms with Gasteiger partial charge < -0.3 is 9.84 Å². The Morgan fingerprint density at radius 3 is 2.22 bits per heavy atom. The van der Waals surface area contributed by atoms with Crippen LogP contribution >= 0.6 is 11.8 Å². The van der Waals surface area contributed by atoms with Gasteiger partial charge >= 0.3 is 5.97 Å². The maximum absolute atomic E-state index is 12.2. The van der Waals surface area contributed by atoms with Crippen molar-refractivity contribution in [3.8, 4) is 5.75 Å². The van der Waals surface area contributed by atoms with Gasteiger partial charge in [0.05, 0.1) is 6.61 Å². The number of aromatic hydroxyl groups is 1. The monoisotopic (exact) mass is 330 g/mol. The molecule has 23 heavy (non-hydrogen) atoms. The minimum absolute atomic E-state index is 0.0201. The number of phenolic OH excluding ortho intramolecular Hbond substituents is 1. The molecular formula is C19H22O3S. The van der Waals surface area contributed by atoms with Gasteiger partial charge in [0.15, 0.2) is 0 Å². The molecule has 0 saturated heterocycles. The zero-order chi connectivity index (χ0) is 17.1. The smallest absolute Gasteiger partial charge is 0.342 e. The molecule has 0 unspecified atom stereocenters. The topological polar surface area (TPSA) is 46.5 Å². The highest BCUT2D eigenvalue weighted by Gasteiger charge is 2.23. The third-order valence-corrected chi connectivity index (χ3v) is 5.26. The zero-order valence-electron chi connectivity index (χ0n) is 14.2. The number of phenols is 1. The van der Waals surface area contributed by atoms with Crippen LogP contribution in [0.1, 0.15) is 39.5 Å². The lowest BCUT2D eigenvalue weighted by atomic mass is 9.99. The SMILES string of the molecule is CCOC(=O)c1c(C)c(Sc2ccc(C)cc2)c(C)c(C)c1O. The summed E-state index contributed by atoms with van der Waals surface area (Å²) in [5.41, 5.74) is 3.93. The molecule has 0 atom stereocenters. The van der Waals surface area contributed by atoms with Gasteiger partial charge in [0.25, 0.3) is 0 Å². The van der Waals surface area contributed by atoms with Crippen molar-refractivity contribution in [3.63, 3.8) is 0 Å². The molecule has 1 N–H and O–H groups in total. The molecular weight excluding hydrogens is 308 g/mol. The molecule has 0 fully saturated rings. The molecule has 2 aromatic carbocycles. The van der Waals surface area contributed by atoms with E-state index in [1.807, 2.05) is 20.8 Å². The number of carbonyl (C=O) groups is 1. The lowest BCUT2D eigenvalue weighted by Gasteiger charge is -2.18. The van der Waals surface area contributed by atoms with Crippen LogP contribution in [0.5, 0.6) is 5.75 Å². The van der Waals surface area contributed by atoms with Crippen LogP contribution in [-0.4, -0.2) is 17.7 Å². The molecule has 0 aliphatic carbocycles. The fourth-order valence-electron chi connectivity index (χ4n) is 2.44. The Bertz CT molecular complexity index is 734. The van der Waals surface area contributed by atoms with Gasteiger partial charge in [-0.25, -0.2) is 4.79 Å². The molecule has 0 aliphatic heterocycles. The highest BCUT2D eigenvalue weighted by molar-refractivity contribution is 7.99. The van der Waals surface area contributed by atoms with Gasteiger partial charge in [-0.2, -0.15) is 0 Å². The van der Waals surface area contributed by atoms with E-state index < -0.39 is 5.97 Å². The third kappa shape index (κ3) is 3.53. The minimum Gasteiger partial charge on any atom is -0.507 e. The first-order valence-electron chi connectivity index (χ1n) is 7.61. The first kappa shape index (κ1) is 17.4. The number of hydrogen-bond donors (Lipinski definition) is 1.